The Balaban J connectivity index is 0.000000147. The first-order valence-corrected chi connectivity index (χ1v) is 6.93. The van der Waals surface area contributed by atoms with Gasteiger partial charge in [-0.25, -0.2) is 0 Å². The summed E-state index contributed by atoms with van der Waals surface area (Å²) in [6.45, 7) is 2.73. The van der Waals surface area contributed by atoms with Crippen LogP contribution in [0.3, 0.4) is 0 Å². The molecule has 0 aliphatic carbocycles. The summed E-state index contributed by atoms with van der Waals surface area (Å²) in [6.07, 6.45) is 0. The van der Waals surface area contributed by atoms with Crippen molar-refractivity contribution >= 4 is 15.9 Å². The minimum absolute atomic E-state index is 0. The zero-order valence-electron chi connectivity index (χ0n) is 10.9. The molecule has 4 rings (SSSR count). The van der Waals surface area contributed by atoms with Crippen LogP contribution in [-0.2, 0) is 0 Å². The van der Waals surface area contributed by atoms with E-state index in [-0.39, 0.29) is 7.43 Å². The second-order valence-electron chi connectivity index (χ2n) is 4.35. The van der Waals surface area contributed by atoms with Gasteiger partial charge in [0, 0.05) is 4.47 Å². The van der Waals surface area contributed by atoms with Gasteiger partial charge in [-0.2, -0.15) is 0 Å². The third kappa shape index (κ3) is 3.61. The predicted octanol–water partition coefficient (Wildman–Crippen LogP) is 4.54. The Morgan fingerprint density at radius 2 is 1.29 bits per heavy atom. The van der Waals surface area contributed by atoms with E-state index in [1.807, 2.05) is 43.3 Å². The fraction of sp³-hybridized carbons (Fsp3) is 0.250. The van der Waals surface area contributed by atoms with Crippen LogP contribution in [-0.4, -0.2) is 13.6 Å². The van der Waals surface area contributed by atoms with Crippen molar-refractivity contribution in [2.24, 2.45) is 0 Å². The van der Waals surface area contributed by atoms with Gasteiger partial charge in [0.25, 0.3) is 0 Å². The first-order valence-electron chi connectivity index (χ1n) is 6.14. The molecule has 2 aliphatic heterocycles. The second-order valence-corrected chi connectivity index (χ2v) is 5.27. The lowest BCUT2D eigenvalue weighted by molar-refractivity contribution is 0.173. The van der Waals surface area contributed by atoms with E-state index in [9.17, 15) is 0 Å². The summed E-state index contributed by atoms with van der Waals surface area (Å²) in [7, 11) is 0. The first kappa shape index (κ1) is 15.5. The minimum atomic E-state index is 0. The highest BCUT2D eigenvalue weighted by Gasteiger charge is 2.12. The molecule has 0 radical (unpaired) electrons. The molecule has 0 saturated heterocycles. The maximum atomic E-state index is 5.16. The van der Waals surface area contributed by atoms with E-state index < -0.39 is 0 Å². The van der Waals surface area contributed by atoms with Crippen molar-refractivity contribution in [1.82, 2.24) is 0 Å². The average molecular weight is 353 g/mol. The fourth-order valence-electron chi connectivity index (χ4n) is 1.87. The molecule has 0 aromatic heterocycles. The van der Waals surface area contributed by atoms with Crippen molar-refractivity contribution in [3.8, 4) is 23.0 Å². The van der Waals surface area contributed by atoms with Gasteiger partial charge in [0.1, 0.15) is 0 Å². The van der Waals surface area contributed by atoms with Crippen LogP contribution >= 0.6 is 15.9 Å². The number of hydrogen-bond donors (Lipinski definition) is 0. The molecule has 0 atom stereocenters. The van der Waals surface area contributed by atoms with Crippen molar-refractivity contribution < 1.29 is 18.9 Å². The van der Waals surface area contributed by atoms with Crippen LogP contribution in [0.5, 0.6) is 23.0 Å². The molecule has 21 heavy (non-hydrogen) atoms. The molecule has 0 saturated carbocycles. The second kappa shape index (κ2) is 6.72. The van der Waals surface area contributed by atoms with E-state index in [1.54, 1.807) is 0 Å². The van der Waals surface area contributed by atoms with Gasteiger partial charge in [-0.05, 0) is 42.8 Å². The van der Waals surface area contributed by atoms with Crippen LogP contribution in [0.15, 0.2) is 40.9 Å². The monoisotopic (exact) mass is 352 g/mol. The molecule has 4 nitrogen and oxygen atoms in total. The standard InChI is InChI=1S/C8H8O2.C7H5BrO2.CH4/c1-6-2-3-7-8(4-6)10-5-9-7;8-5-1-2-6-7(3-5)10-4-9-6;/h2-4H,5H2,1H3;1-3H,4H2;1H4. The summed E-state index contributed by atoms with van der Waals surface area (Å²) in [5, 5.41) is 0. The summed E-state index contributed by atoms with van der Waals surface area (Å²) in [5.41, 5.74) is 1.20. The Hall–Kier alpha value is -1.88. The highest BCUT2D eigenvalue weighted by molar-refractivity contribution is 9.10. The summed E-state index contributed by atoms with van der Waals surface area (Å²) in [4.78, 5) is 0. The van der Waals surface area contributed by atoms with Gasteiger partial charge in [0.05, 0.1) is 0 Å². The summed E-state index contributed by atoms with van der Waals surface area (Å²) < 4.78 is 21.5. The number of benzene rings is 2. The van der Waals surface area contributed by atoms with E-state index >= 15 is 0 Å². The SMILES string of the molecule is Brc1ccc2c(c1)OCO2.C.Cc1ccc2c(c1)OCO2. The Morgan fingerprint density at radius 3 is 1.95 bits per heavy atom. The quantitative estimate of drug-likeness (QED) is 0.697. The van der Waals surface area contributed by atoms with E-state index in [2.05, 4.69) is 15.9 Å². The zero-order valence-corrected chi connectivity index (χ0v) is 12.5. The molecule has 0 N–H and O–H groups in total. The van der Waals surface area contributed by atoms with Gasteiger partial charge in [-0.1, -0.05) is 29.4 Å². The number of halogens is 1. The maximum Gasteiger partial charge on any atom is 0.231 e. The van der Waals surface area contributed by atoms with Gasteiger partial charge in [0.15, 0.2) is 23.0 Å². The van der Waals surface area contributed by atoms with E-state index in [0.717, 1.165) is 27.5 Å². The van der Waals surface area contributed by atoms with Crippen LogP contribution in [0.2, 0.25) is 0 Å². The molecular weight excluding hydrogens is 336 g/mol. The molecule has 2 aromatic rings. The highest BCUT2D eigenvalue weighted by Crippen LogP contribution is 2.34. The van der Waals surface area contributed by atoms with Crippen LogP contribution in [0.25, 0.3) is 0 Å². The molecule has 5 heteroatoms. The Morgan fingerprint density at radius 1 is 0.762 bits per heavy atom. The van der Waals surface area contributed by atoms with Crippen LogP contribution in [0.1, 0.15) is 13.0 Å². The largest absolute Gasteiger partial charge is 0.454 e. The van der Waals surface area contributed by atoms with Crippen LogP contribution in [0.4, 0.5) is 0 Å². The van der Waals surface area contributed by atoms with Crippen molar-refractivity contribution in [3.05, 3.63) is 46.4 Å². The molecule has 2 heterocycles. The van der Waals surface area contributed by atoms with Crippen molar-refractivity contribution in [3.63, 3.8) is 0 Å². The normalized spacial score (nSPS) is 13.0. The molecule has 0 unspecified atom stereocenters. The topological polar surface area (TPSA) is 36.9 Å². The molecule has 0 amide bonds. The molecule has 0 spiro atoms. The lowest BCUT2D eigenvalue weighted by Crippen LogP contribution is -1.92. The molecule has 2 aromatic carbocycles. The van der Waals surface area contributed by atoms with Crippen LogP contribution < -0.4 is 18.9 Å². The smallest absolute Gasteiger partial charge is 0.231 e. The van der Waals surface area contributed by atoms with E-state index in [0.29, 0.717) is 13.6 Å². The first-order chi connectivity index (χ1) is 9.72. The van der Waals surface area contributed by atoms with Gasteiger partial charge in [-0.3, -0.25) is 0 Å². The molecule has 112 valence electrons. The van der Waals surface area contributed by atoms with E-state index in [1.165, 1.54) is 5.56 Å². The predicted molar refractivity (Wildman–Crippen MR) is 84.3 cm³/mol. The molecule has 2 aliphatic rings. The summed E-state index contributed by atoms with van der Waals surface area (Å²) in [6, 6.07) is 11.6. The lowest BCUT2D eigenvalue weighted by atomic mass is 10.2. The zero-order chi connectivity index (χ0) is 13.9. The Kier molecular flexibility index (Phi) is 4.96. The van der Waals surface area contributed by atoms with Crippen molar-refractivity contribution in [2.45, 2.75) is 14.4 Å². The minimum Gasteiger partial charge on any atom is -0.454 e. The Bertz CT molecular complexity index is 572. The Labute approximate surface area is 132 Å². The fourth-order valence-corrected chi connectivity index (χ4v) is 2.21. The highest BCUT2D eigenvalue weighted by atomic mass is 79.9. The molecule has 0 bridgehead atoms. The average Bonchev–Trinajstić information content (AvgIpc) is 3.06. The van der Waals surface area contributed by atoms with E-state index in [4.69, 9.17) is 18.9 Å². The molecular formula is C16H17BrO4. The maximum absolute atomic E-state index is 5.16. The summed E-state index contributed by atoms with van der Waals surface area (Å²) in [5.74, 6) is 3.35. The number of aryl methyl sites for hydroxylation is 1. The van der Waals surface area contributed by atoms with Gasteiger partial charge < -0.3 is 18.9 Å². The third-order valence-electron chi connectivity index (χ3n) is 2.86. The number of ether oxygens (including phenoxy) is 4. The third-order valence-corrected chi connectivity index (χ3v) is 3.36. The number of hydrogen-bond acceptors (Lipinski definition) is 4. The van der Waals surface area contributed by atoms with Crippen molar-refractivity contribution in [2.75, 3.05) is 13.6 Å². The van der Waals surface area contributed by atoms with Gasteiger partial charge in [-0.15, -0.1) is 0 Å². The molecule has 0 fully saturated rings. The number of fused-ring (bicyclic) bond motifs is 2. The van der Waals surface area contributed by atoms with Crippen molar-refractivity contribution in [1.29, 1.82) is 0 Å². The summed E-state index contributed by atoms with van der Waals surface area (Å²) >= 11 is 3.33. The van der Waals surface area contributed by atoms with Crippen LogP contribution in [0, 0.1) is 6.92 Å². The lowest BCUT2D eigenvalue weighted by Gasteiger charge is -1.94. The number of rotatable bonds is 0. The van der Waals surface area contributed by atoms with Gasteiger partial charge in [0.2, 0.25) is 13.6 Å². The van der Waals surface area contributed by atoms with Gasteiger partial charge >= 0.3 is 0 Å².